The van der Waals surface area contributed by atoms with Crippen LogP contribution in [0, 0.1) is 23.7 Å². The molecular formula is C65H126O17P2. The van der Waals surface area contributed by atoms with Crippen LogP contribution in [0.25, 0.3) is 0 Å². The molecule has 0 spiro atoms. The lowest BCUT2D eigenvalue weighted by Crippen LogP contribution is -2.30. The first-order valence-electron chi connectivity index (χ1n) is 33.7. The second-order valence-electron chi connectivity index (χ2n) is 25.4. The Bertz CT molecular complexity index is 1680. The molecule has 0 aromatic heterocycles. The number of aliphatic hydroxyl groups excluding tert-OH is 1. The monoisotopic (exact) mass is 1240 g/mol. The predicted octanol–water partition coefficient (Wildman–Crippen LogP) is 17.8. The van der Waals surface area contributed by atoms with Gasteiger partial charge in [-0.05, 0) is 49.4 Å². The van der Waals surface area contributed by atoms with Gasteiger partial charge in [0.05, 0.1) is 26.4 Å². The molecule has 0 aromatic carbocycles. The average Bonchev–Trinajstić information content (AvgIpc) is 3.58. The predicted molar refractivity (Wildman–Crippen MR) is 335 cm³/mol. The number of ether oxygens (including phenoxy) is 4. The number of hydrogen-bond donors (Lipinski definition) is 3. The van der Waals surface area contributed by atoms with E-state index >= 15 is 0 Å². The van der Waals surface area contributed by atoms with Gasteiger partial charge in [0.25, 0.3) is 0 Å². The number of unbranched alkanes of at least 4 members (excludes halogenated alkanes) is 28. The largest absolute Gasteiger partial charge is 0.472 e. The van der Waals surface area contributed by atoms with Crippen molar-refractivity contribution in [3.8, 4) is 0 Å². The van der Waals surface area contributed by atoms with E-state index in [1.54, 1.807) is 0 Å². The third-order valence-electron chi connectivity index (χ3n) is 14.8. The average molecular weight is 1240 g/mol. The van der Waals surface area contributed by atoms with Crippen LogP contribution in [0.15, 0.2) is 0 Å². The van der Waals surface area contributed by atoms with Crippen LogP contribution >= 0.6 is 15.6 Å². The van der Waals surface area contributed by atoms with Crippen LogP contribution in [0.4, 0.5) is 0 Å². The Kier molecular flexibility index (Phi) is 53.9. The highest BCUT2D eigenvalue weighted by Crippen LogP contribution is 2.45. The van der Waals surface area contributed by atoms with Crippen molar-refractivity contribution in [2.45, 2.75) is 331 Å². The highest BCUT2D eigenvalue weighted by atomic mass is 31.2. The van der Waals surface area contributed by atoms with Crippen molar-refractivity contribution < 1.29 is 80.2 Å². The van der Waals surface area contributed by atoms with Crippen LogP contribution in [0.2, 0.25) is 0 Å². The molecule has 0 saturated heterocycles. The van der Waals surface area contributed by atoms with Gasteiger partial charge < -0.3 is 33.8 Å². The molecule has 498 valence electrons. The fourth-order valence-electron chi connectivity index (χ4n) is 9.61. The van der Waals surface area contributed by atoms with Crippen LogP contribution in [0.3, 0.4) is 0 Å². The molecule has 0 heterocycles. The van der Waals surface area contributed by atoms with E-state index < -0.39 is 97.5 Å². The Hall–Kier alpha value is -1.94. The van der Waals surface area contributed by atoms with Crippen molar-refractivity contribution in [3.63, 3.8) is 0 Å². The number of hydrogen-bond acceptors (Lipinski definition) is 15. The molecule has 0 aliphatic rings. The van der Waals surface area contributed by atoms with Crippen LogP contribution < -0.4 is 0 Å². The number of carbonyl (C=O) groups is 4. The zero-order valence-electron chi connectivity index (χ0n) is 54.5. The third kappa shape index (κ3) is 59.0. The molecule has 0 rings (SSSR count). The summed E-state index contributed by atoms with van der Waals surface area (Å²) in [7, 11) is -9.89. The molecule has 0 radical (unpaired) electrons. The van der Waals surface area contributed by atoms with E-state index in [0.29, 0.717) is 37.5 Å². The second-order valence-corrected chi connectivity index (χ2v) is 28.3. The van der Waals surface area contributed by atoms with E-state index in [1.807, 2.05) is 0 Å². The summed E-state index contributed by atoms with van der Waals surface area (Å²) >= 11 is 0. The van der Waals surface area contributed by atoms with Crippen molar-refractivity contribution in [3.05, 3.63) is 0 Å². The molecule has 3 N–H and O–H groups in total. The molecular weight excluding hydrogens is 1110 g/mol. The Morgan fingerprint density at radius 2 is 0.500 bits per heavy atom. The van der Waals surface area contributed by atoms with Gasteiger partial charge in [0.1, 0.15) is 19.3 Å². The molecule has 0 amide bonds. The molecule has 84 heavy (non-hydrogen) atoms. The number of phosphoric acid groups is 2. The molecule has 0 aliphatic carbocycles. The summed E-state index contributed by atoms with van der Waals surface area (Å²) in [5.41, 5.74) is 0. The Morgan fingerprint density at radius 1 is 0.298 bits per heavy atom. The van der Waals surface area contributed by atoms with Crippen molar-refractivity contribution >= 4 is 39.5 Å². The van der Waals surface area contributed by atoms with Gasteiger partial charge in [0, 0.05) is 25.7 Å². The fraction of sp³-hybridized carbons (Fsp3) is 0.938. The van der Waals surface area contributed by atoms with Gasteiger partial charge in [0.15, 0.2) is 12.2 Å². The maximum atomic E-state index is 13.0. The molecule has 0 fully saturated rings. The Labute approximate surface area is 511 Å². The molecule has 0 saturated carbocycles. The minimum Gasteiger partial charge on any atom is -0.462 e. The summed E-state index contributed by atoms with van der Waals surface area (Å²) in [5.74, 6) is 0.733. The van der Waals surface area contributed by atoms with Gasteiger partial charge in [-0.2, -0.15) is 0 Å². The summed E-state index contributed by atoms with van der Waals surface area (Å²) in [6.07, 6.45) is 35.1. The Balaban J connectivity index is 5.25. The molecule has 19 heteroatoms. The summed E-state index contributed by atoms with van der Waals surface area (Å²) in [5, 5.41) is 10.5. The highest BCUT2D eigenvalue weighted by molar-refractivity contribution is 7.47. The molecule has 3 unspecified atom stereocenters. The SMILES string of the molecule is CC(C)CCCCCCCCCCCCC(=O)O[C@H](COC(=O)CCCCCCCCCC(C)C)COP(=O)(O)OCC(O)COP(=O)(O)OC[C@@H](COC(=O)CCCCCCCCC(C)C)OC(=O)CCCCCCCCCCCC(C)C. The van der Waals surface area contributed by atoms with Crippen molar-refractivity contribution in [1.82, 2.24) is 0 Å². The summed E-state index contributed by atoms with van der Waals surface area (Å²) in [6.45, 7) is 13.9. The maximum Gasteiger partial charge on any atom is 0.472 e. The standard InChI is InChI=1S/C65H126O17P2/c1-55(2)41-33-25-17-12-9-10-14-20-31-39-47-64(69)81-60(51-75-62(67)45-37-29-22-16-19-27-35-43-57(5)6)53-79-83(71,72)77-49-59(66)50-78-84(73,74)80-54-61(52-76-63(68)46-38-30-24-23-28-36-44-58(7)8)82-65(70)48-40-32-21-15-11-13-18-26-34-42-56(3)4/h55-61,66H,9-54H2,1-8H3,(H,71,72)(H,73,74)/t59?,60-,61-/m1/s1. The second kappa shape index (κ2) is 55.2. The summed E-state index contributed by atoms with van der Waals surface area (Å²) < 4.78 is 68.0. The lowest BCUT2D eigenvalue weighted by Gasteiger charge is -2.21. The number of aliphatic hydroxyl groups is 1. The van der Waals surface area contributed by atoms with Gasteiger partial charge in [-0.3, -0.25) is 37.3 Å². The lowest BCUT2D eigenvalue weighted by molar-refractivity contribution is -0.161. The van der Waals surface area contributed by atoms with Gasteiger partial charge in [-0.1, -0.05) is 261 Å². The molecule has 0 aromatic rings. The van der Waals surface area contributed by atoms with E-state index in [9.17, 15) is 43.2 Å². The van der Waals surface area contributed by atoms with E-state index in [4.69, 9.17) is 37.0 Å². The number of phosphoric ester groups is 2. The molecule has 0 aliphatic heterocycles. The molecule has 17 nitrogen and oxygen atoms in total. The van der Waals surface area contributed by atoms with Gasteiger partial charge in [-0.25, -0.2) is 9.13 Å². The molecule has 0 bridgehead atoms. The number of rotatable bonds is 62. The van der Waals surface area contributed by atoms with Crippen LogP contribution in [0.5, 0.6) is 0 Å². The topological polar surface area (TPSA) is 237 Å². The normalized spacial score (nSPS) is 14.4. The minimum absolute atomic E-state index is 0.103. The zero-order valence-corrected chi connectivity index (χ0v) is 56.3. The first-order valence-corrected chi connectivity index (χ1v) is 36.7. The van der Waals surface area contributed by atoms with E-state index in [0.717, 1.165) is 115 Å². The van der Waals surface area contributed by atoms with Gasteiger partial charge in [-0.15, -0.1) is 0 Å². The van der Waals surface area contributed by atoms with Gasteiger partial charge in [0.2, 0.25) is 0 Å². The van der Waals surface area contributed by atoms with Crippen molar-refractivity contribution in [2.24, 2.45) is 23.7 Å². The van der Waals surface area contributed by atoms with Crippen molar-refractivity contribution in [2.75, 3.05) is 39.6 Å². The quantitative estimate of drug-likeness (QED) is 0.0222. The smallest absolute Gasteiger partial charge is 0.462 e. The highest BCUT2D eigenvalue weighted by Gasteiger charge is 2.30. The summed E-state index contributed by atoms with van der Waals surface area (Å²) in [4.78, 5) is 72.2. The maximum absolute atomic E-state index is 13.0. The summed E-state index contributed by atoms with van der Waals surface area (Å²) in [6, 6.07) is 0. The first-order chi connectivity index (χ1) is 40.1. The van der Waals surface area contributed by atoms with Crippen LogP contribution in [-0.2, 0) is 65.4 Å². The van der Waals surface area contributed by atoms with E-state index in [1.165, 1.54) is 103 Å². The lowest BCUT2D eigenvalue weighted by atomic mass is 10.0. The van der Waals surface area contributed by atoms with E-state index in [-0.39, 0.29) is 25.7 Å². The van der Waals surface area contributed by atoms with E-state index in [2.05, 4.69) is 55.4 Å². The minimum atomic E-state index is -4.95. The molecule has 5 atom stereocenters. The van der Waals surface area contributed by atoms with Crippen LogP contribution in [-0.4, -0.2) is 96.7 Å². The zero-order chi connectivity index (χ0) is 62.5. The first kappa shape index (κ1) is 82.1. The van der Waals surface area contributed by atoms with Crippen LogP contribution in [0.1, 0.15) is 312 Å². The third-order valence-corrected chi connectivity index (χ3v) is 16.7. The fourth-order valence-corrected chi connectivity index (χ4v) is 11.2. The van der Waals surface area contributed by atoms with Gasteiger partial charge >= 0.3 is 39.5 Å². The number of carbonyl (C=O) groups excluding carboxylic acids is 4. The Morgan fingerprint density at radius 3 is 0.738 bits per heavy atom. The van der Waals surface area contributed by atoms with Crippen molar-refractivity contribution in [1.29, 1.82) is 0 Å². The number of esters is 4.